The number of carboxylic acid groups (broad SMARTS) is 1. The lowest BCUT2D eigenvalue weighted by molar-refractivity contribution is 0.0696. The van der Waals surface area contributed by atoms with E-state index in [2.05, 4.69) is 12.0 Å². The second-order valence-corrected chi connectivity index (χ2v) is 4.87. The zero-order valence-electron chi connectivity index (χ0n) is 12.6. The van der Waals surface area contributed by atoms with E-state index in [0.717, 1.165) is 24.4 Å². The van der Waals surface area contributed by atoms with Gasteiger partial charge in [0.05, 0.1) is 17.0 Å². The molecule has 0 saturated heterocycles. The molecule has 2 rings (SSSR count). The lowest BCUT2D eigenvalue weighted by atomic mass is 10.1. The van der Waals surface area contributed by atoms with Gasteiger partial charge in [-0.15, -0.1) is 0 Å². The third-order valence-electron chi connectivity index (χ3n) is 3.39. The molecule has 1 heterocycles. The summed E-state index contributed by atoms with van der Waals surface area (Å²) in [5.74, 6) is -0.255. The normalized spacial score (nSPS) is 10.6. The minimum absolute atomic E-state index is 0.300. The number of carbonyl (C=O) groups is 1. The number of aromatic carboxylic acids is 1. The van der Waals surface area contributed by atoms with Gasteiger partial charge in [0.1, 0.15) is 12.4 Å². The molecule has 0 saturated carbocycles. The molecule has 21 heavy (non-hydrogen) atoms. The first-order valence-electron chi connectivity index (χ1n) is 7.07. The summed E-state index contributed by atoms with van der Waals surface area (Å²) >= 11 is 0. The van der Waals surface area contributed by atoms with Gasteiger partial charge in [-0.2, -0.15) is 5.10 Å². The predicted octanol–water partition coefficient (Wildman–Crippen LogP) is 3.05. The van der Waals surface area contributed by atoms with Gasteiger partial charge in [0, 0.05) is 6.54 Å². The minimum atomic E-state index is -0.921. The summed E-state index contributed by atoms with van der Waals surface area (Å²) in [5.41, 5.74) is 3.06. The molecule has 112 valence electrons. The van der Waals surface area contributed by atoms with Crippen molar-refractivity contribution in [2.45, 2.75) is 40.3 Å². The summed E-state index contributed by atoms with van der Waals surface area (Å²) in [4.78, 5) is 11.0. The summed E-state index contributed by atoms with van der Waals surface area (Å²) in [6, 6.07) is 7.05. The number of hydrogen-bond acceptors (Lipinski definition) is 3. The fourth-order valence-corrected chi connectivity index (χ4v) is 2.20. The summed E-state index contributed by atoms with van der Waals surface area (Å²) in [6.07, 6.45) is 0.895. The molecule has 5 heteroatoms. The highest BCUT2D eigenvalue weighted by Crippen LogP contribution is 2.19. The Kier molecular flexibility index (Phi) is 4.62. The molecule has 1 N–H and O–H groups in total. The average molecular weight is 288 g/mol. The zero-order chi connectivity index (χ0) is 15.4. The molecule has 0 aliphatic heterocycles. The van der Waals surface area contributed by atoms with E-state index < -0.39 is 5.97 Å². The van der Waals surface area contributed by atoms with Crippen molar-refractivity contribution in [1.29, 1.82) is 0 Å². The molecule has 0 amide bonds. The van der Waals surface area contributed by atoms with Crippen molar-refractivity contribution in [2.75, 3.05) is 0 Å². The second kappa shape index (κ2) is 6.43. The Balaban J connectivity index is 2.11. The number of nitrogens with zero attached hydrogens (tertiary/aromatic N) is 2. The van der Waals surface area contributed by atoms with Crippen LogP contribution in [0.15, 0.2) is 24.3 Å². The quantitative estimate of drug-likeness (QED) is 0.887. The van der Waals surface area contributed by atoms with E-state index in [1.807, 2.05) is 17.7 Å². The van der Waals surface area contributed by atoms with Gasteiger partial charge in [0.15, 0.2) is 0 Å². The molecule has 0 atom stereocenters. The Labute approximate surface area is 124 Å². The van der Waals surface area contributed by atoms with Crippen molar-refractivity contribution in [2.24, 2.45) is 0 Å². The molecule has 0 aliphatic carbocycles. The number of carboxylic acids is 1. The molecule has 5 nitrogen and oxygen atoms in total. The summed E-state index contributed by atoms with van der Waals surface area (Å²) in [5, 5.41) is 13.5. The maximum absolute atomic E-state index is 11.0. The van der Waals surface area contributed by atoms with Crippen molar-refractivity contribution >= 4 is 5.97 Å². The Morgan fingerprint density at radius 2 is 2.10 bits per heavy atom. The van der Waals surface area contributed by atoms with E-state index in [9.17, 15) is 4.79 Å². The van der Waals surface area contributed by atoms with Crippen LogP contribution in [0.3, 0.4) is 0 Å². The van der Waals surface area contributed by atoms with Crippen LogP contribution in [-0.2, 0) is 19.6 Å². The van der Waals surface area contributed by atoms with Crippen molar-refractivity contribution in [1.82, 2.24) is 9.78 Å². The smallest absolute Gasteiger partial charge is 0.335 e. The van der Waals surface area contributed by atoms with E-state index in [4.69, 9.17) is 9.84 Å². The molecule has 0 unspecified atom stereocenters. The van der Waals surface area contributed by atoms with Gasteiger partial charge in [-0.3, -0.25) is 4.68 Å². The first-order valence-corrected chi connectivity index (χ1v) is 7.07. The first-order chi connectivity index (χ1) is 10.0. The maximum Gasteiger partial charge on any atom is 0.335 e. The Hall–Kier alpha value is -2.30. The molecule has 1 aromatic heterocycles. The van der Waals surface area contributed by atoms with Crippen LogP contribution in [-0.4, -0.2) is 20.9 Å². The zero-order valence-corrected chi connectivity index (χ0v) is 12.6. The SMILES string of the molecule is CCc1cc(COc2ccc(C(=O)O)c(C)c2)n(CC)n1. The molecular weight excluding hydrogens is 268 g/mol. The van der Waals surface area contributed by atoms with Crippen LogP contribution < -0.4 is 4.74 Å². The topological polar surface area (TPSA) is 64.3 Å². The Morgan fingerprint density at radius 3 is 2.67 bits per heavy atom. The monoisotopic (exact) mass is 288 g/mol. The molecule has 0 bridgehead atoms. The molecule has 2 aromatic rings. The fraction of sp³-hybridized carbons (Fsp3) is 0.375. The predicted molar refractivity (Wildman–Crippen MR) is 79.7 cm³/mol. The standard InChI is InChI=1S/C16H20N2O3/c1-4-12-9-13(18(5-2)17-12)10-21-14-6-7-15(16(19)20)11(3)8-14/h6-9H,4-5,10H2,1-3H3,(H,19,20). The summed E-state index contributed by atoms with van der Waals surface area (Å²) < 4.78 is 7.68. The van der Waals surface area contributed by atoms with E-state index in [1.165, 1.54) is 0 Å². The van der Waals surface area contributed by atoms with E-state index in [0.29, 0.717) is 23.5 Å². The number of ether oxygens (including phenoxy) is 1. The molecular formula is C16H20N2O3. The lowest BCUT2D eigenvalue weighted by Gasteiger charge is -2.09. The Morgan fingerprint density at radius 1 is 1.33 bits per heavy atom. The van der Waals surface area contributed by atoms with E-state index >= 15 is 0 Å². The molecule has 0 aliphatic rings. The van der Waals surface area contributed by atoms with Crippen LogP contribution in [0, 0.1) is 6.92 Å². The summed E-state index contributed by atoms with van der Waals surface area (Å²) in [7, 11) is 0. The Bertz CT molecular complexity index is 647. The highest BCUT2D eigenvalue weighted by atomic mass is 16.5. The molecule has 0 fully saturated rings. The summed E-state index contributed by atoms with van der Waals surface area (Å²) in [6.45, 7) is 7.10. The average Bonchev–Trinajstić information content (AvgIpc) is 2.87. The van der Waals surface area contributed by atoms with Crippen LogP contribution in [0.25, 0.3) is 0 Å². The van der Waals surface area contributed by atoms with Crippen molar-refractivity contribution in [3.8, 4) is 5.75 Å². The fourth-order valence-electron chi connectivity index (χ4n) is 2.20. The van der Waals surface area contributed by atoms with Gasteiger partial charge in [-0.25, -0.2) is 4.79 Å². The number of hydrogen-bond donors (Lipinski definition) is 1. The lowest BCUT2D eigenvalue weighted by Crippen LogP contribution is -2.06. The molecule has 0 radical (unpaired) electrons. The van der Waals surface area contributed by atoms with Crippen molar-refractivity contribution in [3.63, 3.8) is 0 Å². The van der Waals surface area contributed by atoms with Gasteiger partial charge in [-0.05, 0) is 50.1 Å². The van der Waals surface area contributed by atoms with Crippen LogP contribution in [0.4, 0.5) is 0 Å². The second-order valence-electron chi connectivity index (χ2n) is 4.87. The number of rotatable bonds is 6. The van der Waals surface area contributed by atoms with Crippen LogP contribution in [0.1, 0.15) is 41.2 Å². The van der Waals surface area contributed by atoms with Gasteiger partial charge < -0.3 is 9.84 Å². The van der Waals surface area contributed by atoms with Gasteiger partial charge in [0.2, 0.25) is 0 Å². The molecule has 0 spiro atoms. The maximum atomic E-state index is 11.0. The molecule has 1 aromatic carbocycles. The highest BCUT2D eigenvalue weighted by molar-refractivity contribution is 5.89. The van der Waals surface area contributed by atoms with E-state index in [-0.39, 0.29) is 0 Å². The van der Waals surface area contributed by atoms with Crippen LogP contribution >= 0.6 is 0 Å². The number of aryl methyl sites for hydroxylation is 3. The van der Waals surface area contributed by atoms with Crippen LogP contribution in [0.5, 0.6) is 5.75 Å². The van der Waals surface area contributed by atoms with E-state index in [1.54, 1.807) is 25.1 Å². The van der Waals surface area contributed by atoms with Crippen molar-refractivity contribution < 1.29 is 14.6 Å². The van der Waals surface area contributed by atoms with Crippen LogP contribution in [0.2, 0.25) is 0 Å². The minimum Gasteiger partial charge on any atom is -0.487 e. The number of aromatic nitrogens is 2. The van der Waals surface area contributed by atoms with Crippen molar-refractivity contribution in [3.05, 3.63) is 46.8 Å². The number of benzene rings is 1. The highest BCUT2D eigenvalue weighted by Gasteiger charge is 2.09. The van der Waals surface area contributed by atoms with Gasteiger partial charge in [0.25, 0.3) is 0 Å². The largest absolute Gasteiger partial charge is 0.487 e. The van der Waals surface area contributed by atoms with Gasteiger partial charge in [-0.1, -0.05) is 6.92 Å². The first kappa shape index (κ1) is 15.1. The third kappa shape index (κ3) is 3.42. The van der Waals surface area contributed by atoms with Gasteiger partial charge >= 0.3 is 5.97 Å². The third-order valence-corrected chi connectivity index (χ3v) is 3.39.